The van der Waals surface area contributed by atoms with Crippen molar-refractivity contribution in [2.24, 2.45) is 0 Å². The maximum absolute atomic E-state index is 13.3. The molecule has 4 amide bonds. The fourth-order valence-electron chi connectivity index (χ4n) is 4.64. The van der Waals surface area contributed by atoms with E-state index in [0.29, 0.717) is 17.4 Å². The molecule has 9 nitrogen and oxygen atoms in total. The molecular weight excluding hydrogens is 433 g/mol. The number of halogens is 3. The molecule has 0 spiro atoms. The van der Waals surface area contributed by atoms with Crippen LogP contribution in [0.5, 0.6) is 0 Å². The Morgan fingerprint density at radius 2 is 1.97 bits per heavy atom. The monoisotopic (exact) mass is 450 g/mol. The molecule has 168 valence electrons. The molecule has 0 N–H and O–H groups in total. The van der Waals surface area contributed by atoms with Crippen molar-refractivity contribution in [3.05, 3.63) is 29.3 Å². The number of hydrogen-bond acceptors (Lipinski definition) is 6. The number of imide groups is 1. The van der Waals surface area contributed by atoms with Crippen molar-refractivity contribution in [3.63, 3.8) is 0 Å². The van der Waals surface area contributed by atoms with Gasteiger partial charge in [0.15, 0.2) is 0 Å². The van der Waals surface area contributed by atoms with E-state index in [0.717, 1.165) is 12.1 Å². The molecule has 0 radical (unpaired) electrons. The third-order valence-electron chi connectivity index (χ3n) is 6.04. The number of fused-ring (bicyclic) bond motifs is 5. The first kappa shape index (κ1) is 21.6. The largest absolute Gasteiger partial charge is 0.469 e. The van der Waals surface area contributed by atoms with E-state index in [1.165, 1.54) is 23.0 Å². The average Bonchev–Trinajstić information content (AvgIpc) is 3.42. The molecule has 4 rings (SSSR count). The van der Waals surface area contributed by atoms with Crippen LogP contribution in [0, 0.1) is 11.3 Å². The average molecular weight is 450 g/mol. The van der Waals surface area contributed by atoms with Crippen molar-refractivity contribution in [2.45, 2.75) is 43.6 Å². The maximum Gasteiger partial charge on any atom is 0.417 e. The molecule has 3 saturated heterocycles. The van der Waals surface area contributed by atoms with Crippen LogP contribution < -0.4 is 4.90 Å². The van der Waals surface area contributed by atoms with E-state index in [1.807, 2.05) is 0 Å². The third-order valence-corrected chi connectivity index (χ3v) is 6.04. The molecule has 1 aromatic carbocycles. The highest BCUT2D eigenvalue weighted by atomic mass is 19.4. The number of carbonyl (C=O) groups is 4. The maximum atomic E-state index is 13.3. The zero-order valence-electron chi connectivity index (χ0n) is 16.8. The molecule has 3 fully saturated rings. The number of amides is 4. The van der Waals surface area contributed by atoms with Crippen LogP contribution in [0.25, 0.3) is 0 Å². The molecule has 3 aliphatic rings. The summed E-state index contributed by atoms with van der Waals surface area (Å²) in [6, 6.07) is 1.26. The number of likely N-dealkylation sites (tertiary alicyclic amines) is 1. The van der Waals surface area contributed by atoms with E-state index in [1.54, 1.807) is 0 Å². The summed E-state index contributed by atoms with van der Waals surface area (Å²) >= 11 is 0. The number of ether oxygens (including phenoxy) is 1. The SMILES string of the molecule is COC(=O)CCC(=O)N1CC2CC1[C@@H]1C(=O)N(c3ccc(C#N)c(C(F)(F)F)c3)C(=O)N21. The molecular formula is C20H17F3N4O5. The zero-order chi connectivity index (χ0) is 23.4. The minimum Gasteiger partial charge on any atom is -0.469 e. The van der Waals surface area contributed by atoms with Crippen LogP contribution >= 0.6 is 0 Å². The Hall–Kier alpha value is -3.62. The Kier molecular flexibility index (Phi) is 5.07. The van der Waals surface area contributed by atoms with Crippen molar-refractivity contribution in [1.29, 1.82) is 5.26 Å². The first-order valence-electron chi connectivity index (χ1n) is 9.72. The second-order valence-corrected chi connectivity index (χ2v) is 7.73. The lowest BCUT2D eigenvalue weighted by atomic mass is 10.1. The van der Waals surface area contributed by atoms with E-state index in [4.69, 9.17) is 5.26 Å². The molecule has 0 saturated carbocycles. The van der Waals surface area contributed by atoms with Gasteiger partial charge in [0.1, 0.15) is 6.04 Å². The zero-order valence-corrected chi connectivity index (χ0v) is 16.8. The van der Waals surface area contributed by atoms with Gasteiger partial charge in [0.05, 0.1) is 48.5 Å². The third kappa shape index (κ3) is 3.24. The van der Waals surface area contributed by atoms with Crippen molar-refractivity contribution >= 4 is 29.5 Å². The highest BCUT2D eigenvalue weighted by Crippen LogP contribution is 2.43. The number of hydrogen-bond donors (Lipinski definition) is 0. The van der Waals surface area contributed by atoms with Gasteiger partial charge in [0.25, 0.3) is 5.91 Å². The highest BCUT2D eigenvalue weighted by Gasteiger charge is 2.62. The van der Waals surface area contributed by atoms with E-state index in [9.17, 15) is 32.3 Å². The number of anilines is 1. The van der Waals surface area contributed by atoms with Gasteiger partial charge in [-0.05, 0) is 24.6 Å². The van der Waals surface area contributed by atoms with E-state index < -0.39 is 53.3 Å². The van der Waals surface area contributed by atoms with Crippen LogP contribution in [0.3, 0.4) is 0 Å². The van der Waals surface area contributed by atoms with Gasteiger partial charge >= 0.3 is 18.2 Å². The fraction of sp³-hybridized carbons (Fsp3) is 0.450. The summed E-state index contributed by atoms with van der Waals surface area (Å²) in [4.78, 5) is 53.3. The van der Waals surface area contributed by atoms with Gasteiger partial charge in [-0.1, -0.05) is 0 Å². The Morgan fingerprint density at radius 3 is 2.59 bits per heavy atom. The normalized spacial score (nSPS) is 24.1. The van der Waals surface area contributed by atoms with Crippen molar-refractivity contribution in [3.8, 4) is 6.07 Å². The van der Waals surface area contributed by atoms with Gasteiger partial charge in [-0.25, -0.2) is 9.69 Å². The topological polar surface area (TPSA) is 111 Å². The predicted molar refractivity (Wildman–Crippen MR) is 99.8 cm³/mol. The van der Waals surface area contributed by atoms with Gasteiger partial charge in [-0.15, -0.1) is 0 Å². The minimum absolute atomic E-state index is 0.112. The summed E-state index contributed by atoms with van der Waals surface area (Å²) in [5.74, 6) is -1.64. The number of piperazine rings is 1. The number of esters is 1. The molecule has 32 heavy (non-hydrogen) atoms. The van der Waals surface area contributed by atoms with Crippen LogP contribution in [0.4, 0.5) is 23.7 Å². The number of rotatable bonds is 4. The smallest absolute Gasteiger partial charge is 0.417 e. The number of nitriles is 1. The second-order valence-electron chi connectivity index (χ2n) is 7.73. The van der Waals surface area contributed by atoms with E-state index in [2.05, 4.69) is 4.74 Å². The fourth-order valence-corrected chi connectivity index (χ4v) is 4.64. The number of alkyl halides is 3. The van der Waals surface area contributed by atoms with Crippen LogP contribution in [-0.2, 0) is 25.3 Å². The predicted octanol–water partition coefficient (Wildman–Crippen LogP) is 1.65. The number of carbonyl (C=O) groups excluding carboxylic acids is 4. The number of nitrogens with zero attached hydrogens (tertiary/aromatic N) is 4. The number of urea groups is 1. The van der Waals surface area contributed by atoms with Crippen LogP contribution in [-0.4, -0.2) is 65.4 Å². The first-order valence-corrected chi connectivity index (χ1v) is 9.72. The Labute approximate surface area is 179 Å². The Balaban J connectivity index is 1.59. The standard InChI is InChI=1S/C20H17F3N4O5/c1-32-16(29)5-4-15(28)25-9-12-7-14(25)17-18(30)27(19(31)26(12)17)11-3-2-10(8-24)13(6-11)20(21,22)23/h2-3,6,12,14,17H,4-5,7,9H2,1H3/t12?,14?,17-/m1/s1. The lowest BCUT2D eigenvalue weighted by molar-refractivity contribution is -0.144. The number of methoxy groups -OCH3 is 1. The summed E-state index contributed by atoms with van der Waals surface area (Å²) < 4.78 is 44.5. The first-order chi connectivity index (χ1) is 15.1. The van der Waals surface area contributed by atoms with Crippen molar-refractivity contribution < 1.29 is 37.1 Å². The number of benzene rings is 1. The minimum atomic E-state index is -4.84. The van der Waals surface area contributed by atoms with Crippen molar-refractivity contribution in [2.75, 3.05) is 18.6 Å². The summed E-state index contributed by atoms with van der Waals surface area (Å²) in [5.41, 5.74) is -2.15. The van der Waals surface area contributed by atoms with E-state index >= 15 is 0 Å². The Bertz CT molecular complexity index is 1070. The molecule has 3 atom stereocenters. The summed E-state index contributed by atoms with van der Waals surface area (Å²) in [6.07, 6.45) is -4.70. The van der Waals surface area contributed by atoms with Crippen LogP contribution in [0.15, 0.2) is 18.2 Å². The molecule has 2 unspecified atom stereocenters. The van der Waals surface area contributed by atoms with Crippen LogP contribution in [0.1, 0.15) is 30.4 Å². The Morgan fingerprint density at radius 1 is 1.25 bits per heavy atom. The molecule has 0 aliphatic carbocycles. The molecule has 0 aromatic heterocycles. The molecule has 3 aliphatic heterocycles. The van der Waals surface area contributed by atoms with E-state index in [-0.39, 0.29) is 31.0 Å². The molecule has 1 aromatic rings. The summed E-state index contributed by atoms with van der Waals surface area (Å²) in [7, 11) is 1.20. The summed E-state index contributed by atoms with van der Waals surface area (Å²) in [5, 5.41) is 8.95. The van der Waals surface area contributed by atoms with Gasteiger partial charge in [0.2, 0.25) is 5.91 Å². The van der Waals surface area contributed by atoms with Gasteiger partial charge in [-0.2, -0.15) is 18.4 Å². The van der Waals surface area contributed by atoms with Crippen molar-refractivity contribution in [1.82, 2.24) is 9.80 Å². The molecule has 12 heteroatoms. The molecule has 2 bridgehead atoms. The van der Waals surface area contributed by atoms with Gasteiger partial charge in [0, 0.05) is 13.0 Å². The molecule has 3 heterocycles. The quantitative estimate of drug-likeness (QED) is 0.510. The highest BCUT2D eigenvalue weighted by molar-refractivity contribution is 6.22. The second kappa shape index (κ2) is 7.51. The van der Waals surface area contributed by atoms with Crippen LogP contribution in [0.2, 0.25) is 0 Å². The lowest BCUT2D eigenvalue weighted by Gasteiger charge is -2.34. The summed E-state index contributed by atoms with van der Waals surface area (Å²) in [6.45, 7) is 0.176. The van der Waals surface area contributed by atoms with Gasteiger partial charge < -0.3 is 14.5 Å². The van der Waals surface area contributed by atoms with Gasteiger partial charge in [-0.3, -0.25) is 14.4 Å². The lowest BCUT2D eigenvalue weighted by Crippen LogP contribution is -2.54.